The number of hydrogen-bond acceptors (Lipinski definition) is 2. The van der Waals surface area contributed by atoms with Gasteiger partial charge < -0.3 is 5.32 Å². The van der Waals surface area contributed by atoms with Gasteiger partial charge in [-0.2, -0.15) is 0 Å². The minimum absolute atomic E-state index is 0.0479. The molecule has 0 spiro atoms. The Morgan fingerprint density at radius 2 is 1.89 bits per heavy atom. The Morgan fingerprint density at radius 3 is 2.44 bits per heavy atom. The van der Waals surface area contributed by atoms with Gasteiger partial charge in [0.15, 0.2) is 0 Å². The van der Waals surface area contributed by atoms with Gasteiger partial charge in [0.25, 0.3) is 0 Å². The van der Waals surface area contributed by atoms with Crippen molar-refractivity contribution in [2.75, 3.05) is 0 Å². The lowest BCUT2D eigenvalue weighted by Gasteiger charge is -2.21. The molecule has 0 aromatic heterocycles. The summed E-state index contributed by atoms with van der Waals surface area (Å²) in [5, 5.41) is 5.98. The molecule has 4 heteroatoms. The number of amides is 1. The summed E-state index contributed by atoms with van der Waals surface area (Å²) in [6, 6.07) is 6.12. The fourth-order valence-corrected chi connectivity index (χ4v) is 1.73. The molecule has 0 bridgehead atoms. The highest BCUT2D eigenvalue weighted by Crippen LogP contribution is 2.14. The molecule has 0 fully saturated rings. The quantitative estimate of drug-likeness (QED) is 0.845. The Morgan fingerprint density at radius 1 is 1.22 bits per heavy atom. The van der Waals surface area contributed by atoms with Gasteiger partial charge in [0.2, 0.25) is 5.91 Å². The molecule has 1 aromatic rings. The number of carbonyl (C=O) groups is 1. The molecule has 0 saturated heterocycles. The van der Waals surface area contributed by atoms with Gasteiger partial charge in [-0.3, -0.25) is 10.1 Å². The molecule has 18 heavy (non-hydrogen) atoms. The molecule has 1 aromatic carbocycles. The first kappa shape index (κ1) is 14.6. The summed E-state index contributed by atoms with van der Waals surface area (Å²) < 4.78 is 13.1. The van der Waals surface area contributed by atoms with Crippen molar-refractivity contribution in [2.24, 2.45) is 0 Å². The third kappa shape index (κ3) is 4.45. The molecule has 0 aliphatic heterocycles. The largest absolute Gasteiger partial charge is 0.353 e. The molecule has 0 aliphatic rings. The van der Waals surface area contributed by atoms with Gasteiger partial charge >= 0.3 is 0 Å². The summed E-state index contributed by atoms with van der Waals surface area (Å²) in [6.07, 6.45) is 0. The molecule has 3 nitrogen and oxygen atoms in total. The second kappa shape index (κ2) is 6.50. The summed E-state index contributed by atoms with van der Waals surface area (Å²) in [7, 11) is 0. The molecule has 0 saturated carbocycles. The maximum absolute atomic E-state index is 13.1. The zero-order valence-corrected chi connectivity index (χ0v) is 11.3. The van der Waals surface area contributed by atoms with Crippen molar-refractivity contribution in [3.05, 3.63) is 35.6 Å². The highest BCUT2D eigenvalue weighted by atomic mass is 19.1. The number of halogens is 1. The molecule has 0 radical (unpaired) electrons. The predicted molar refractivity (Wildman–Crippen MR) is 70.7 cm³/mol. The minimum atomic E-state index is -0.314. The maximum Gasteiger partial charge on any atom is 0.237 e. The summed E-state index contributed by atoms with van der Waals surface area (Å²) in [5.74, 6) is -0.311. The third-order valence-corrected chi connectivity index (χ3v) is 2.67. The molecule has 1 amide bonds. The van der Waals surface area contributed by atoms with E-state index in [2.05, 4.69) is 10.6 Å². The number of hydrogen-bond donors (Lipinski definition) is 2. The maximum atomic E-state index is 13.1. The van der Waals surface area contributed by atoms with Crippen LogP contribution in [0.5, 0.6) is 0 Å². The van der Waals surface area contributed by atoms with Gasteiger partial charge in [-0.05, 0) is 45.4 Å². The van der Waals surface area contributed by atoms with Crippen LogP contribution < -0.4 is 10.6 Å². The highest BCUT2D eigenvalue weighted by molar-refractivity contribution is 5.81. The Labute approximate surface area is 108 Å². The average molecular weight is 252 g/mol. The molecule has 1 unspecified atom stereocenters. The van der Waals surface area contributed by atoms with Gasteiger partial charge in [-0.15, -0.1) is 0 Å². The van der Waals surface area contributed by atoms with E-state index in [1.165, 1.54) is 12.1 Å². The Balaban J connectivity index is 2.59. The van der Waals surface area contributed by atoms with Crippen LogP contribution >= 0.6 is 0 Å². The van der Waals surface area contributed by atoms with E-state index >= 15 is 0 Å². The summed E-state index contributed by atoms with van der Waals surface area (Å²) in [5.41, 5.74) is 0.833. The predicted octanol–water partition coefficient (Wildman–Crippen LogP) is 2.39. The van der Waals surface area contributed by atoms with Crippen molar-refractivity contribution in [3.63, 3.8) is 0 Å². The fourth-order valence-electron chi connectivity index (χ4n) is 1.73. The monoisotopic (exact) mass is 252 g/mol. The normalized spacial score (nSPS) is 14.3. The number of benzene rings is 1. The first-order valence-electron chi connectivity index (χ1n) is 6.22. The van der Waals surface area contributed by atoms with E-state index in [1.54, 1.807) is 13.0 Å². The first-order valence-corrected chi connectivity index (χ1v) is 6.22. The molecular formula is C14H21FN2O. The number of nitrogens with one attached hydrogen (secondary N) is 2. The summed E-state index contributed by atoms with van der Waals surface area (Å²) in [4.78, 5) is 11.7. The van der Waals surface area contributed by atoms with E-state index in [0.717, 1.165) is 5.56 Å². The van der Waals surface area contributed by atoms with E-state index in [-0.39, 0.29) is 29.8 Å². The van der Waals surface area contributed by atoms with Crippen molar-refractivity contribution in [2.45, 2.75) is 45.8 Å². The zero-order valence-electron chi connectivity index (χ0n) is 11.3. The average Bonchev–Trinajstić information content (AvgIpc) is 2.27. The van der Waals surface area contributed by atoms with Crippen LogP contribution in [0.2, 0.25) is 0 Å². The van der Waals surface area contributed by atoms with Gasteiger partial charge in [0, 0.05) is 12.1 Å². The molecule has 100 valence electrons. The van der Waals surface area contributed by atoms with E-state index in [0.29, 0.717) is 0 Å². The molecule has 2 atom stereocenters. The third-order valence-electron chi connectivity index (χ3n) is 2.67. The molecule has 1 rings (SSSR count). The zero-order chi connectivity index (χ0) is 13.7. The van der Waals surface area contributed by atoms with Crippen molar-refractivity contribution < 1.29 is 9.18 Å². The Hall–Kier alpha value is -1.42. The van der Waals surface area contributed by atoms with Crippen LogP contribution in [0.3, 0.4) is 0 Å². The topological polar surface area (TPSA) is 41.1 Å². The smallest absolute Gasteiger partial charge is 0.237 e. The van der Waals surface area contributed by atoms with Crippen LogP contribution in [-0.4, -0.2) is 18.0 Å². The van der Waals surface area contributed by atoms with E-state index in [1.807, 2.05) is 26.8 Å². The van der Waals surface area contributed by atoms with Crippen LogP contribution in [0.15, 0.2) is 24.3 Å². The molecule has 2 N–H and O–H groups in total. The number of carbonyl (C=O) groups excluding carboxylic acids is 1. The second-order valence-electron chi connectivity index (χ2n) is 4.83. The summed E-state index contributed by atoms with van der Waals surface area (Å²) >= 11 is 0. The molecule has 0 aliphatic carbocycles. The van der Waals surface area contributed by atoms with Crippen molar-refractivity contribution in [1.82, 2.24) is 10.6 Å². The second-order valence-corrected chi connectivity index (χ2v) is 4.83. The van der Waals surface area contributed by atoms with Crippen molar-refractivity contribution in [3.8, 4) is 0 Å². The van der Waals surface area contributed by atoms with E-state index < -0.39 is 0 Å². The minimum Gasteiger partial charge on any atom is -0.353 e. The van der Waals surface area contributed by atoms with Crippen LogP contribution in [-0.2, 0) is 4.79 Å². The van der Waals surface area contributed by atoms with Gasteiger partial charge in [-0.25, -0.2) is 4.39 Å². The molecular weight excluding hydrogens is 231 g/mol. The van der Waals surface area contributed by atoms with E-state index in [9.17, 15) is 9.18 Å². The van der Waals surface area contributed by atoms with Crippen LogP contribution in [0, 0.1) is 5.82 Å². The lowest BCUT2D eigenvalue weighted by atomic mass is 10.1. The van der Waals surface area contributed by atoms with Gasteiger partial charge in [0.1, 0.15) is 5.82 Å². The standard InChI is InChI=1S/C14H21FN2O/c1-9(2)16-14(18)11(4)17-10(3)12-6-5-7-13(15)8-12/h5-11,17H,1-4H3,(H,16,18)/t10-,11?/m0/s1. The van der Waals surface area contributed by atoms with Crippen molar-refractivity contribution >= 4 is 5.91 Å². The van der Waals surface area contributed by atoms with Crippen LogP contribution in [0.25, 0.3) is 0 Å². The lowest BCUT2D eigenvalue weighted by molar-refractivity contribution is -0.123. The Kier molecular flexibility index (Phi) is 5.28. The van der Waals surface area contributed by atoms with Crippen LogP contribution in [0.1, 0.15) is 39.3 Å². The SMILES string of the molecule is CC(C)NC(=O)C(C)N[C@@H](C)c1cccc(F)c1. The van der Waals surface area contributed by atoms with Crippen molar-refractivity contribution in [1.29, 1.82) is 0 Å². The number of rotatable bonds is 5. The first-order chi connectivity index (χ1) is 8.40. The van der Waals surface area contributed by atoms with Gasteiger partial charge in [-0.1, -0.05) is 12.1 Å². The van der Waals surface area contributed by atoms with E-state index in [4.69, 9.17) is 0 Å². The molecule has 0 heterocycles. The summed E-state index contributed by atoms with van der Waals surface area (Å²) in [6.45, 7) is 7.54. The van der Waals surface area contributed by atoms with Crippen LogP contribution in [0.4, 0.5) is 4.39 Å². The Bertz CT molecular complexity index is 407. The lowest BCUT2D eigenvalue weighted by Crippen LogP contribution is -2.45. The highest BCUT2D eigenvalue weighted by Gasteiger charge is 2.16. The van der Waals surface area contributed by atoms with Gasteiger partial charge in [0.05, 0.1) is 6.04 Å². The fraction of sp³-hybridized carbons (Fsp3) is 0.500.